The molecule has 0 aliphatic carbocycles. The lowest BCUT2D eigenvalue weighted by Crippen LogP contribution is -2.36. The number of benzene rings is 1. The van der Waals surface area contributed by atoms with Crippen LogP contribution in [0.1, 0.15) is 32.6 Å². The van der Waals surface area contributed by atoms with E-state index in [1.54, 1.807) is 6.92 Å². The summed E-state index contributed by atoms with van der Waals surface area (Å²) < 4.78 is 0. The molecule has 1 amide bonds. The third kappa shape index (κ3) is 5.68. The fourth-order valence-corrected chi connectivity index (χ4v) is 2.83. The number of carbonyl (C=O) groups is 2. The van der Waals surface area contributed by atoms with Crippen LogP contribution in [0.15, 0.2) is 30.3 Å². The van der Waals surface area contributed by atoms with Crippen LogP contribution in [0.3, 0.4) is 0 Å². The Balaban J connectivity index is 1.65. The molecule has 0 radical (unpaired) electrons. The number of hydrogen-bond donors (Lipinski definition) is 1. The van der Waals surface area contributed by atoms with Gasteiger partial charge in [-0.2, -0.15) is 0 Å². The van der Waals surface area contributed by atoms with E-state index in [4.69, 9.17) is 0 Å². The number of carbonyl (C=O) groups excluding carboxylic acids is 2. The third-order valence-electron chi connectivity index (χ3n) is 3.99. The quantitative estimate of drug-likeness (QED) is 0.875. The number of anilines is 1. The Bertz CT molecular complexity index is 465. The molecule has 1 heterocycles. The molecule has 21 heavy (non-hydrogen) atoms. The number of hydrogen-bond acceptors (Lipinski definition) is 3. The molecular weight excluding hydrogens is 264 g/mol. The first-order valence-corrected chi connectivity index (χ1v) is 7.70. The maximum absolute atomic E-state index is 11.9. The Morgan fingerprint density at radius 1 is 1.19 bits per heavy atom. The first kappa shape index (κ1) is 15.7. The molecule has 1 saturated heterocycles. The first-order valence-electron chi connectivity index (χ1n) is 7.70. The summed E-state index contributed by atoms with van der Waals surface area (Å²) in [6.45, 7) is 4.16. The number of para-hydroxylation sites is 1. The number of nitrogens with zero attached hydrogens (tertiary/aromatic N) is 1. The Hall–Kier alpha value is -1.68. The highest BCUT2D eigenvalue weighted by Crippen LogP contribution is 2.22. The van der Waals surface area contributed by atoms with Gasteiger partial charge in [-0.3, -0.25) is 14.5 Å². The minimum Gasteiger partial charge on any atom is -0.326 e. The number of piperidine rings is 1. The smallest absolute Gasteiger partial charge is 0.224 e. The monoisotopic (exact) mass is 288 g/mol. The average Bonchev–Trinajstić information content (AvgIpc) is 2.47. The highest BCUT2D eigenvalue weighted by molar-refractivity contribution is 5.90. The summed E-state index contributed by atoms with van der Waals surface area (Å²) in [6, 6.07) is 9.57. The molecule has 4 heteroatoms. The van der Waals surface area contributed by atoms with Crippen molar-refractivity contribution in [3.63, 3.8) is 0 Å². The molecule has 0 spiro atoms. The molecule has 4 nitrogen and oxygen atoms in total. The van der Waals surface area contributed by atoms with Crippen molar-refractivity contribution in [1.29, 1.82) is 0 Å². The topological polar surface area (TPSA) is 49.4 Å². The lowest BCUT2D eigenvalue weighted by atomic mass is 9.92. The summed E-state index contributed by atoms with van der Waals surface area (Å²) in [7, 11) is 0. The Kier molecular flexibility index (Phi) is 5.93. The number of rotatable bonds is 6. The van der Waals surface area contributed by atoms with Crippen LogP contribution in [0.4, 0.5) is 5.69 Å². The van der Waals surface area contributed by atoms with E-state index in [0.29, 0.717) is 18.9 Å². The first-order chi connectivity index (χ1) is 10.1. The lowest BCUT2D eigenvalue weighted by Gasteiger charge is -2.31. The van der Waals surface area contributed by atoms with Crippen LogP contribution in [0.25, 0.3) is 0 Å². The normalized spacial score (nSPS) is 16.6. The third-order valence-corrected chi connectivity index (χ3v) is 3.99. The molecule has 0 atom stereocenters. The molecule has 0 aromatic heterocycles. The number of likely N-dealkylation sites (tertiary alicyclic amines) is 1. The Morgan fingerprint density at radius 3 is 2.48 bits per heavy atom. The molecular formula is C17H24N2O2. The number of ketones is 1. The Morgan fingerprint density at radius 2 is 1.86 bits per heavy atom. The van der Waals surface area contributed by atoms with Crippen LogP contribution in [0.5, 0.6) is 0 Å². The van der Waals surface area contributed by atoms with E-state index < -0.39 is 0 Å². The molecule has 1 aromatic rings. The van der Waals surface area contributed by atoms with Gasteiger partial charge < -0.3 is 5.32 Å². The number of Topliss-reactive ketones (excluding diaryl/α,β-unsaturated/α-hetero) is 1. The summed E-state index contributed by atoms with van der Waals surface area (Å²) >= 11 is 0. The van der Waals surface area contributed by atoms with Crippen LogP contribution in [0, 0.1) is 5.92 Å². The van der Waals surface area contributed by atoms with Crippen molar-refractivity contribution in [3.8, 4) is 0 Å². The standard InChI is InChI=1S/C17H24N2O2/c1-14(20)13-19-11-9-15(10-12-19)7-8-17(21)18-16-5-3-2-4-6-16/h2-6,15H,7-13H2,1H3,(H,18,21). The van der Waals surface area contributed by atoms with Crippen molar-refractivity contribution >= 4 is 17.4 Å². The molecule has 114 valence electrons. The van der Waals surface area contributed by atoms with Crippen molar-refractivity contribution < 1.29 is 9.59 Å². The van der Waals surface area contributed by atoms with Gasteiger partial charge in [0.25, 0.3) is 0 Å². The van der Waals surface area contributed by atoms with Gasteiger partial charge in [-0.25, -0.2) is 0 Å². The lowest BCUT2D eigenvalue weighted by molar-refractivity contribution is -0.118. The van der Waals surface area contributed by atoms with Crippen molar-refractivity contribution in [2.45, 2.75) is 32.6 Å². The fraction of sp³-hybridized carbons (Fsp3) is 0.529. The van der Waals surface area contributed by atoms with Gasteiger partial charge in [0, 0.05) is 12.1 Å². The van der Waals surface area contributed by atoms with Gasteiger partial charge in [0.05, 0.1) is 6.54 Å². The average molecular weight is 288 g/mol. The highest BCUT2D eigenvalue weighted by Gasteiger charge is 2.20. The van der Waals surface area contributed by atoms with E-state index in [-0.39, 0.29) is 11.7 Å². The molecule has 0 saturated carbocycles. The molecule has 1 fully saturated rings. The van der Waals surface area contributed by atoms with E-state index in [0.717, 1.165) is 38.0 Å². The molecule has 1 aliphatic rings. The van der Waals surface area contributed by atoms with Crippen LogP contribution >= 0.6 is 0 Å². The van der Waals surface area contributed by atoms with E-state index >= 15 is 0 Å². The van der Waals surface area contributed by atoms with Gasteiger partial charge >= 0.3 is 0 Å². The summed E-state index contributed by atoms with van der Waals surface area (Å²) in [5, 5.41) is 2.92. The van der Waals surface area contributed by atoms with Gasteiger partial charge in [0.15, 0.2) is 0 Å². The predicted molar refractivity (Wildman–Crippen MR) is 84.2 cm³/mol. The summed E-state index contributed by atoms with van der Waals surface area (Å²) in [5.41, 5.74) is 0.860. The molecule has 1 aliphatic heterocycles. The molecule has 0 bridgehead atoms. The zero-order valence-corrected chi connectivity index (χ0v) is 12.7. The highest BCUT2D eigenvalue weighted by atomic mass is 16.1. The summed E-state index contributed by atoms with van der Waals surface area (Å²) in [5.74, 6) is 0.929. The maximum Gasteiger partial charge on any atom is 0.224 e. The molecule has 0 unspecified atom stereocenters. The summed E-state index contributed by atoms with van der Waals surface area (Å²) in [6.07, 6.45) is 3.69. The van der Waals surface area contributed by atoms with Crippen LogP contribution in [-0.4, -0.2) is 36.2 Å². The van der Waals surface area contributed by atoms with Crippen LogP contribution in [0.2, 0.25) is 0 Å². The van der Waals surface area contributed by atoms with Gasteiger partial charge in [0.2, 0.25) is 5.91 Å². The fourth-order valence-electron chi connectivity index (χ4n) is 2.83. The number of nitrogens with one attached hydrogen (secondary N) is 1. The Labute approximate surface area is 126 Å². The molecule has 2 rings (SSSR count). The molecule has 1 N–H and O–H groups in total. The van der Waals surface area contributed by atoms with Gasteiger partial charge in [-0.05, 0) is 57.3 Å². The second-order valence-electron chi connectivity index (χ2n) is 5.87. The van der Waals surface area contributed by atoms with Crippen molar-refractivity contribution in [3.05, 3.63) is 30.3 Å². The molecule has 1 aromatic carbocycles. The van der Waals surface area contributed by atoms with Gasteiger partial charge in [-0.1, -0.05) is 18.2 Å². The van der Waals surface area contributed by atoms with Gasteiger partial charge in [-0.15, -0.1) is 0 Å². The minimum atomic E-state index is 0.0902. The van der Waals surface area contributed by atoms with Crippen LogP contribution < -0.4 is 5.32 Å². The SMILES string of the molecule is CC(=O)CN1CCC(CCC(=O)Nc2ccccc2)CC1. The number of amides is 1. The maximum atomic E-state index is 11.9. The second kappa shape index (κ2) is 7.93. The van der Waals surface area contributed by atoms with E-state index in [1.807, 2.05) is 30.3 Å². The largest absolute Gasteiger partial charge is 0.326 e. The predicted octanol–water partition coefficient (Wildman–Crippen LogP) is 2.71. The second-order valence-corrected chi connectivity index (χ2v) is 5.87. The van der Waals surface area contributed by atoms with Gasteiger partial charge in [0.1, 0.15) is 5.78 Å². The van der Waals surface area contributed by atoms with Crippen LogP contribution in [-0.2, 0) is 9.59 Å². The minimum absolute atomic E-state index is 0.0902. The van der Waals surface area contributed by atoms with Crippen molar-refractivity contribution in [2.75, 3.05) is 25.0 Å². The van der Waals surface area contributed by atoms with E-state index in [1.165, 1.54) is 0 Å². The zero-order valence-electron chi connectivity index (χ0n) is 12.7. The summed E-state index contributed by atoms with van der Waals surface area (Å²) in [4.78, 5) is 25.2. The van der Waals surface area contributed by atoms with Crippen molar-refractivity contribution in [1.82, 2.24) is 4.90 Å². The van der Waals surface area contributed by atoms with E-state index in [9.17, 15) is 9.59 Å². The van der Waals surface area contributed by atoms with Crippen molar-refractivity contribution in [2.24, 2.45) is 5.92 Å². The zero-order chi connectivity index (χ0) is 15.1. The van der Waals surface area contributed by atoms with E-state index in [2.05, 4.69) is 10.2 Å².